The summed E-state index contributed by atoms with van der Waals surface area (Å²) in [5, 5.41) is 5.39. The van der Waals surface area contributed by atoms with Crippen LogP contribution in [0.1, 0.15) is 16.7 Å². The van der Waals surface area contributed by atoms with Gasteiger partial charge in [-0.05, 0) is 85.3 Å². The van der Waals surface area contributed by atoms with Gasteiger partial charge < -0.3 is 9.88 Å². The molecule has 35 heavy (non-hydrogen) atoms. The predicted octanol–water partition coefficient (Wildman–Crippen LogP) is 7.60. The van der Waals surface area contributed by atoms with Crippen molar-refractivity contribution in [2.45, 2.75) is 25.3 Å². The fourth-order valence-electron chi connectivity index (χ4n) is 4.12. The molecule has 1 amide bonds. The highest BCUT2D eigenvalue weighted by molar-refractivity contribution is 8.18. The Morgan fingerprint density at radius 3 is 2.57 bits per heavy atom. The minimum Gasteiger partial charge on any atom is -0.346 e. The van der Waals surface area contributed by atoms with Gasteiger partial charge in [0.25, 0.3) is 5.91 Å². The topological polar surface area (TPSA) is 46.4 Å². The Kier molecular flexibility index (Phi) is 7.04. The summed E-state index contributed by atoms with van der Waals surface area (Å²) in [6.45, 7) is 4.95. The molecule has 1 aliphatic heterocycles. The van der Waals surface area contributed by atoms with Crippen molar-refractivity contribution in [1.82, 2.24) is 9.88 Å². The number of amidine groups is 1. The maximum Gasteiger partial charge on any atom is 0.264 e. The van der Waals surface area contributed by atoms with Crippen molar-refractivity contribution < 1.29 is 4.79 Å². The Hall–Kier alpha value is -2.93. The zero-order valence-electron chi connectivity index (χ0n) is 19.4. The SMILES string of the molecule is Cc1cc(C)cc(N=C2NC(=O)/C(=C/c3cn(CCSc4ccc(Cl)cc4)c4ccccc34)S2)c1. The van der Waals surface area contributed by atoms with Gasteiger partial charge in [-0.15, -0.1) is 11.8 Å². The molecule has 3 aromatic carbocycles. The van der Waals surface area contributed by atoms with Crippen LogP contribution < -0.4 is 5.32 Å². The number of thioether (sulfide) groups is 2. The smallest absolute Gasteiger partial charge is 0.264 e. The quantitative estimate of drug-likeness (QED) is 0.211. The number of halogens is 1. The maximum atomic E-state index is 12.7. The zero-order valence-corrected chi connectivity index (χ0v) is 21.8. The monoisotopic (exact) mass is 517 g/mol. The number of para-hydroxylation sites is 1. The lowest BCUT2D eigenvalue weighted by atomic mass is 10.1. The number of carbonyl (C=O) groups is 1. The fraction of sp³-hybridized carbons (Fsp3) is 0.143. The average molecular weight is 518 g/mol. The molecule has 1 aliphatic rings. The number of hydrogen-bond acceptors (Lipinski definition) is 4. The minimum atomic E-state index is -0.117. The molecule has 0 saturated carbocycles. The van der Waals surface area contributed by atoms with Crippen LogP contribution in [0.25, 0.3) is 17.0 Å². The van der Waals surface area contributed by atoms with Crippen molar-refractivity contribution >= 4 is 68.9 Å². The van der Waals surface area contributed by atoms with Crippen LogP contribution in [0.5, 0.6) is 0 Å². The van der Waals surface area contributed by atoms with Crippen LogP contribution in [0.3, 0.4) is 0 Å². The van der Waals surface area contributed by atoms with Gasteiger partial charge in [0.1, 0.15) is 0 Å². The summed E-state index contributed by atoms with van der Waals surface area (Å²) in [6.07, 6.45) is 4.10. The molecule has 0 spiro atoms. The zero-order chi connectivity index (χ0) is 24.4. The number of amides is 1. The van der Waals surface area contributed by atoms with Crippen molar-refractivity contribution in [2.75, 3.05) is 5.75 Å². The number of nitrogens with zero attached hydrogens (tertiary/aromatic N) is 2. The highest BCUT2D eigenvalue weighted by Crippen LogP contribution is 2.32. The van der Waals surface area contributed by atoms with E-state index in [0.717, 1.165) is 50.6 Å². The molecule has 2 heterocycles. The first kappa shape index (κ1) is 23.8. The lowest BCUT2D eigenvalue weighted by Gasteiger charge is -2.05. The average Bonchev–Trinajstić information content (AvgIpc) is 3.34. The third-order valence-electron chi connectivity index (χ3n) is 5.61. The molecule has 1 fully saturated rings. The summed E-state index contributed by atoms with van der Waals surface area (Å²) >= 11 is 9.18. The van der Waals surface area contributed by atoms with E-state index in [9.17, 15) is 4.79 Å². The second-order valence-corrected chi connectivity index (χ2v) is 11.1. The molecule has 1 saturated heterocycles. The molecule has 4 aromatic rings. The molecule has 1 aromatic heterocycles. The van der Waals surface area contributed by atoms with Crippen LogP contribution >= 0.6 is 35.1 Å². The van der Waals surface area contributed by atoms with Gasteiger partial charge in [0, 0.05) is 44.9 Å². The van der Waals surface area contributed by atoms with E-state index >= 15 is 0 Å². The van der Waals surface area contributed by atoms with Gasteiger partial charge in [-0.2, -0.15) is 0 Å². The number of fused-ring (bicyclic) bond motifs is 1. The highest BCUT2D eigenvalue weighted by Gasteiger charge is 2.24. The molecule has 0 unspecified atom stereocenters. The number of benzene rings is 3. The van der Waals surface area contributed by atoms with Crippen LogP contribution in [-0.2, 0) is 11.3 Å². The van der Waals surface area contributed by atoms with Gasteiger partial charge in [0.15, 0.2) is 5.17 Å². The summed E-state index contributed by atoms with van der Waals surface area (Å²) in [6, 6.07) is 22.4. The molecule has 176 valence electrons. The van der Waals surface area contributed by atoms with E-state index in [-0.39, 0.29) is 5.91 Å². The summed E-state index contributed by atoms with van der Waals surface area (Å²) in [4.78, 5) is 19.2. The lowest BCUT2D eigenvalue weighted by Crippen LogP contribution is -2.19. The molecule has 7 heteroatoms. The van der Waals surface area contributed by atoms with E-state index < -0.39 is 0 Å². The lowest BCUT2D eigenvalue weighted by molar-refractivity contribution is -0.115. The van der Waals surface area contributed by atoms with Crippen LogP contribution in [0.2, 0.25) is 5.02 Å². The fourth-order valence-corrected chi connectivity index (χ4v) is 5.93. The van der Waals surface area contributed by atoms with Gasteiger partial charge in [-0.3, -0.25) is 4.79 Å². The number of hydrogen-bond donors (Lipinski definition) is 1. The van der Waals surface area contributed by atoms with Gasteiger partial charge in [-0.1, -0.05) is 35.9 Å². The summed E-state index contributed by atoms with van der Waals surface area (Å²) in [5.74, 6) is 0.811. The Bertz CT molecular complexity index is 1450. The Morgan fingerprint density at radius 2 is 1.80 bits per heavy atom. The van der Waals surface area contributed by atoms with E-state index in [1.54, 1.807) is 11.8 Å². The van der Waals surface area contributed by atoms with Crippen LogP contribution in [0.4, 0.5) is 5.69 Å². The van der Waals surface area contributed by atoms with Crippen LogP contribution in [-0.4, -0.2) is 21.4 Å². The van der Waals surface area contributed by atoms with E-state index in [1.807, 2.05) is 68.5 Å². The van der Waals surface area contributed by atoms with Gasteiger partial charge >= 0.3 is 0 Å². The van der Waals surface area contributed by atoms with Gasteiger partial charge in [0.2, 0.25) is 0 Å². The number of aliphatic imine (C=N–C) groups is 1. The van der Waals surface area contributed by atoms with Crippen LogP contribution in [0.15, 0.2) is 87.7 Å². The standard InChI is InChI=1S/C28H24ClN3OS2/c1-18-13-19(2)15-22(14-18)30-28-31-27(33)26(35-28)16-20-17-32(25-6-4-3-5-24(20)25)11-12-34-23-9-7-21(29)8-10-23/h3-10,13-17H,11-12H2,1-2H3,(H,30,31,33)/b26-16-. The van der Waals surface area contributed by atoms with Gasteiger partial charge in [-0.25, -0.2) is 4.99 Å². The van der Waals surface area contributed by atoms with Crippen molar-refractivity contribution in [3.05, 3.63) is 99.5 Å². The molecule has 0 bridgehead atoms. The molecular formula is C28H24ClN3OS2. The number of nitrogens with one attached hydrogen (secondary N) is 1. The molecule has 1 N–H and O–H groups in total. The summed E-state index contributed by atoms with van der Waals surface area (Å²) < 4.78 is 2.26. The Labute approximate surface area is 218 Å². The van der Waals surface area contributed by atoms with Crippen LogP contribution in [0, 0.1) is 13.8 Å². The number of aromatic nitrogens is 1. The molecule has 0 aliphatic carbocycles. The number of rotatable bonds is 6. The van der Waals surface area contributed by atoms with E-state index in [1.165, 1.54) is 16.7 Å². The van der Waals surface area contributed by atoms with Crippen molar-refractivity contribution in [3.63, 3.8) is 0 Å². The first-order chi connectivity index (χ1) is 16.9. The molecule has 0 atom stereocenters. The first-order valence-corrected chi connectivity index (χ1v) is 13.5. The van der Waals surface area contributed by atoms with Crippen molar-refractivity contribution in [3.8, 4) is 0 Å². The van der Waals surface area contributed by atoms with Gasteiger partial charge in [0.05, 0.1) is 10.6 Å². The minimum absolute atomic E-state index is 0.117. The largest absolute Gasteiger partial charge is 0.346 e. The van der Waals surface area contributed by atoms with E-state index in [2.05, 4.69) is 39.3 Å². The third-order valence-corrected chi connectivity index (χ3v) is 7.76. The van der Waals surface area contributed by atoms with E-state index in [0.29, 0.717) is 10.1 Å². The van der Waals surface area contributed by atoms with E-state index in [4.69, 9.17) is 11.6 Å². The number of aryl methyl sites for hydroxylation is 3. The second-order valence-electron chi connectivity index (χ2n) is 8.43. The molecule has 5 rings (SSSR count). The first-order valence-electron chi connectivity index (χ1n) is 11.3. The normalized spacial score (nSPS) is 15.9. The second kappa shape index (κ2) is 10.4. The van der Waals surface area contributed by atoms with Crippen molar-refractivity contribution in [2.24, 2.45) is 4.99 Å². The third kappa shape index (κ3) is 5.67. The molecule has 0 radical (unpaired) electrons. The number of carbonyl (C=O) groups excluding carboxylic acids is 1. The highest BCUT2D eigenvalue weighted by atomic mass is 35.5. The summed E-state index contributed by atoms with van der Waals surface area (Å²) in [5.41, 5.74) is 5.33. The predicted molar refractivity (Wildman–Crippen MR) is 151 cm³/mol. The maximum absolute atomic E-state index is 12.7. The van der Waals surface area contributed by atoms with Crippen molar-refractivity contribution in [1.29, 1.82) is 0 Å². The summed E-state index contributed by atoms with van der Waals surface area (Å²) in [7, 11) is 0. The Balaban J connectivity index is 1.36. The Morgan fingerprint density at radius 1 is 1.06 bits per heavy atom. The molecule has 4 nitrogen and oxygen atoms in total. The molecular weight excluding hydrogens is 494 g/mol.